The highest BCUT2D eigenvalue weighted by Crippen LogP contribution is 2.27. The Hall–Kier alpha value is -1.42. The lowest BCUT2D eigenvalue weighted by Crippen LogP contribution is -2.29. The lowest BCUT2D eigenvalue weighted by atomic mass is 9.88. The minimum absolute atomic E-state index is 0.0492. The predicted octanol–water partition coefficient (Wildman–Crippen LogP) is 1.49. The molecule has 4 heteroatoms. The summed E-state index contributed by atoms with van der Waals surface area (Å²) in [4.78, 5) is 10.6. The Morgan fingerprint density at radius 2 is 2.40 bits per heavy atom. The van der Waals surface area contributed by atoms with E-state index in [1.165, 1.54) is 12.1 Å². The second kappa shape index (κ2) is 3.98. The summed E-state index contributed by atoms with van der Waals surface area (Å²) in [6.07, 6.45) is 0.0889. The maximum Gasteiger partial charge on any atom is 0.304 e. The van der Waals surface area contributed by atoms with Gasteiger partial charge in [-0.1, -0.05) is 6.07 Å². The molecule has 0 bridgehead atoms. The molecule has 2 rings (SSSR count). The number of aliphatic carboxylic acids is 1. The van der Waals surface area contributed by atoms with Gasteiger partial charge in [-0.15, -0.1) is 0 Å². The van der Waals surface area contributed by atoms with Crippen molar-refractivity contribution in [3.05, 3.63) is 35.1 Å². The fourth-order valence-corrected chi connectivity index (χ4v) is 2.01. The largest absolute Gasteiger partial charge is 0.481 e. The summed E-state index contributed by atoms with van der Waals surface area (Å²) in [6, 6.07) is 4.55. The molecule has 1 aromatic rings. The highest BCUT2D eigenvalue weighted by molar-refractivity contribution is 5.68. The first-order valence-electron chi connectivity index (χ1n) is 4.87. The van der Waals surface area contributed by atoms with Crippen LogP contribution in [0.25, 0.3) is 0 Å². The molecule has 0 aromatic heterocycles. The molecule has 0 saturated heterocycles. The van der Waals surface area contributed by atoms with Gasteiger partial charge in [0, 0.05) is 19.0 Å². The summed E-state index contributed by atoms with van der Waals surface area (Å²) in [5, 5.41) is 11.8. The zero-order valence-corrected chi connectivity index (χ0v) is 8.16. The number of hydrogen-bond acceptors (Lipinski definition) is 2. The van der Waals surface area contributed by atoms with Crippen LogP contribution in [-0.2, 0) is 11.3 Å². The summed E-state index contributed by atoms with van der Waals surface area (Å²) < 4.78 is 12.9. The van der Waals surface area contributed by atoms with Crippen molar-refractivity contribution < 1.29 is 14.3 Å². The third kappa shape index (κ3) is 2.15. The van der Waals surface area contributed by atoms with Gasteiger partial charge in [0.1, 0.15) is 5.82 Å². The highest BCUT2D eigenvalue weighted by atomic mass is 19.1. The molecule has 1 heterocycles. The van der Waals surface area contributed by atoms with Gasteiger partial charge < -0.3 is 10.4 Å². The molecule has 15 heavy (non-hydrogen) atoms. The highest BCUT2D eigenvalue weighted by Gasteiger charge is 2.22. The van der Waals surface area contributed by atoms with E-state index < -0.39 is 5.97 Å². The first kappa shape index (κ1) is 10.1. The smallest absolute Gasteiger partial charge is 0.304 e. The molecule has 0 amide bonds. The van der Waals surface area contributed by atoms with E-state index in [1.54, 1.807) is 6.07 Å². The van der Waals surface area contributed by atoms with Gasteiger partial charge >= 0.3 is 5.97 Å². The third-order valence-electron chi connectivity index (χ3n) is 2.67. The van der Waals surface area contributed by atoms with Crippen LogP contribution in [0, 0.1) is 5.82 Å². The standard InChI is InChI=1S/C11H12FNO2/c12-9-1-2-10-7(3-9)5-13-6-8(10)4-11(14)15/h1-3,8,13H,4-6H2,(H,14,15). The van der Waals surface area contributed by atoms with Gasteiger partial charge in [-0.2, -0.15) is 0 Å². The molecular formula is C11H12FNO2. The molecule has 3 nitrogen and oxygen atoms in total. The number of fused-ring (bicyclic) bond motifs is 1. The van der Waals surface area contributed by atoms with Gasteiger partial charge in [0.2, 0.25) is 0 Å². The summed E-state index contributed by atoms with van der Waals surface area (Å²) in [6.45, 7) is 1.26. The summed E-state index contributed by atoms with van der Waals surface area (Å²) >= 11 is 0. The van der Waals surface area contributed by atoms with Crippen LogP contribution in [0.3, 0.4) is 0 Å². The molecule has 2 N–H and O–H groups in total. The van der Waals surface area contributed by atoms with Gasteiger partial charge in [-0.05, 0) is 23.3 Å². The molecule has 0 aliphatic carbocycles. The summed E-state index contributed by atoms with van der Waals surface area (Å²) in [5.74, 6) is -1.14. The average molecular weight is 209 g/mol. The lowest BCUT2D eigenvalue weighted by molar-refractivity contribution is -0.137. The average Bonchev–Trinajstić information content (AvgIpc) is 2.16. The van der Waals surface area contributed by atoms with Gasteiger partial charge in [0.25, 0.3) is 0 Å². The van der Waals surface area contributed by atoms with Crippen LogP contribution in [0.4, 0.5) is 4.39 Å². The predicted molar refractivity (Wildman–Crippen MR) is 53.1 cm³/mol. The number of carbonyl (C=O) groups is 1. The fraction of sp³-hybridized carbons (Fsp3) is 0.364. The van der Waals surface area contributed by atoms with E-state index in [0.717, 1.165) is 11.1 Å². The number of carboxylic acid groups (broad SMARTS) is 1. The minimum atomic E-state index is -0.820. The lowest BCUT2D eigenvalue weighted by Gasteiger charge is -2.25. The van der Waals surface area contributed by atoms with E-state index >= 15 is 0 Å². The molecule has 0 spiro atoms. The molecule has 1 aliphatic rings. The number of benzene rings is 1. The monoisotopic (exact) mass is 209 g/mol. The van der Waals surface area contributed by atoms with Crippen LogP contribution in [0.15, 0.2) is 18.2 Å². The van der Waals surface area contributed by atoms with Crippen LogP contribution < -0.4 is 5.32 Å². The minimum Gasteiger partial charge on any atom is -0.481 e. The van der Waals surface area contributed by atoms with E-state index in [4.69, 9.17) is 5.11 Å². The Labute approximate surface area is 86.9 Å². The van der Waals surface area contributed by atoms with E-state index in [9.17, 15) is 9.18 Å². The molecule has 0 radical (unpaired) electrons. The SMILES string of the molecule is O=C(O)CC1CNCc2cc(F)ccc21. The molecule has 1 atom stereocenters. The van der Waals surface area contributed by atoms with Crippen molar-refractivity contribution in [2.24, 2.45) is 0 Å². The quantitative estimate of drug-likeness (QED) is 0.775. The van der Waals surface area contributed by atoms with Crippen LogP contribution in [0.5, 0.6) is 0 Å². The van der Waals surface area contributed by atoms with E-state index in [-0.39, 0.29) is 18.2 Å². The number of nitrogens with one attached hydrogen (secondary N) is 1. The maximum absolute atomic E-state index is 12.9. The Balaban J connectivity index is 2.30. The number of rotatable bonds is 2. The third-order valence-corrected chi connectivity index (χ3v) is 2.67. The number of halogens is 1. The van der Waals surface area contributed by atoms with Gasteiger partial charge in [0.05, 0.1) is 6.42 Å². The van der Waals surface area contributed by atoms with Crippen molar-refractivity contribution in [1.82, 2.24) is 5.32 Å². The van der Waals surface area contributed by atoms with Crippen LogP contribution in [0.2, 0.25) is 0 Å². The van der Waals surface area contributed by atoms with Crippen molar-refractivity contribution in [3.63, 3.8) is 0 Å². The van der Waals surface area contributed by atoms with Crippen LogP contribution in [-0.4, -0.2) is 17.6 Å². The molecule has 1 aliphatic heterocycles. The topological polar surface area (TPSA) is 49.3 Å². The molecule has 80 valence electrons. The van der Waals surface area contributed by atoms with E-state index in [1.807, 2.05) is 0 Å². The van der Waals surface area contributed by atoms with Gasteiger partial charge in [-0.3, -0.25) is 4.79 Å². The van der Waals surface area contributed by atoms with Crippen molar-refractivity contribution in [1.29, 1.82) is 0 Å². The Bertz CT molecular complexity index is 392. The van der Waals surface area contributed by atoms with E-state index in [2.05, 4.69) is 5.32 Å². The summed E-state index contributed by atoms with van der Waals surface area (Å²) in [7, 11) is 0. The van der Waals surface area contributed by atoms with E-state index in [0.29, 0.717) is 13.1 Å². The fourth-order valence-electron chi connectivity index (χ4n) is 2.01. The second-order valence-corrected chi connectivity index (χ2v) is 3.77. The molecular weight excluding hydrogens is 197 g/mol. The van der Waals surface area contributed by atoms with Crippen molar-refractivity contribution in [2.75, 3.05) is 6.54 Å². The Kier molecular flexibility index (Phi) is 2.68. The van der Waals surface area contributed by atoms with Crippen molar-refractivity contribution in [2.45, 2.75) is 18.9 Å². The molecule has 0 fully saturated rings. The van der Waals surface area contributed by atoms with Gasteiger partial charge in [0.15, 0.2) is 0 Å². The number of hydrogen-bond donors (Lipinski definition) is 2. The second-order valence-electron chi connectivity index (χ2n) is 3.77. The molecule has 1 aromatic carbocycles. The van der Waals surface area contributed by atoms with Crippen molar-refractivity contribution in [3.8, 4) is 0 Å². The molecule has 1 unspecified atom stereocenters. The zero-order chi connectivity index (χ0) is 10.8. The zero-order valence-electron chi connectivity index (χ0n) is 8.16. The van der Waals surface area contributed by atoms with Crippen LogP contribution in [0.1, 0.15) is 23.5 Å². The van der Waals surface area contributed by atoms with Crippen molar-refractivity contribution >= 4 is 5.97 Å². The number of carboxylic acids is 1. The Morgan fingerprint density at radius 1 is 1.60 bits per heavy atom. The van der Waals surface area contributed by atoms with Gasteiger partial charge in [-0.25, -0.2) is 4.39 Å². The Morgan fingerprint density at radius 3 is 3.13 bits per heavy atom. The first-order chi connectivity index (χ1) is 7.16. The maximum atomic E-state index is 12.9. The summed E-state index contributed by atoms with van der Waals surface area (Å²) in [5.41, 5.74) is 1.82. The normalized spacial score (nSPS) is 19.7. The first-order valence-corrected chi connectivity index (χ1v) is 4.87. The van der Waals surface area contributed by atoms with Crippen LogP contribution >= 0.6 is 0 Å². The molecule has 0 saturated carbocycles.